The van der Waals surface area contributed by atoms with E-state index in [4.69, 9.17) is 32.7 Å². The monoisotopic (exact) mass is 1040 g/mol. The number of methoxy groups -OCH3 is 2. The fraction of sp³-hybridized carbons (Fsp3) is 0.491. The number of rotatable bonds is 23. The predicted molar refractivity (Wildman–Crippen MR) is 279 cm³/mol. The number of H-pyrrole nitrogens is 2. The molecule has 20 heteroatoms. The molecule has 5 aromatic rings. The van der Waals surface area contributed by atoms with Gasteiger partial charge in [0, 0.05) is 54.3 Å². The van der Waals surface area contributed by atoms with E-state index in [2.05, 4.69) is 20.7 Å². The maximum absolute atomic E-state index is 15.3. The van der Waals surface area contributed by atoms with Gasteiger partial charge in [-0.2, -0.15) is 5.26 Å². The molecule has 8 atom stereocenters. The highest BCUT2D eigenvalue weighted by Crippen LogP contribution is 2.53. The first kappa shape index (κ1) is 55.3. The van der Waals surface area contributed by atoms with E-state index in [0.29, 0.717) is 22.6 Å². The second kappa shape index (κ2) is 24.3. The largest absolute Gasteiger partial charge is 0.497 e. The molecule has 2 aliphatic rings. The third kappa shape index (κ3) is 12.9. The summed E-state index contributed by atoms with van der Waals surface area (Å²) in [6, 6.07) is 27.3. The van der Waals surface area contributed by atoms with E-state index in [9.17, 15) is 24.4 Å². The highest BCUT2D eigenvalue weighted by molar-refractivity contribution is 7.63. The molecule has 2 aromatic heterocycles. The summed E-state index contributed by atoms with van der Waals surface area (Å²) >= 11 is 0. The number of nitriles is 1. The lowest BCUT2D eigenvalue weighted by molar-refractivity contribution is -0.0835. The molecule has 2 saturated heterocycles. The van der Waals surface area contributed by atoms with Crippen LogP contribution in [0.1, 0.15) is 93.7 Å². The molecule has 7 rings (SSSR count). The Morgan fingerprint density at radius 2 is 1.29 bits per heavy atom. The molecule has 0 saturated carbocycles. The average Bonchev–Trinajstić information content (AvgIpc) is 3.96. The number of hydrogen-bond acceptors (Lipinski definition) is 14. The molecule has 0 spiro atoms. The smallest absolute Gasteiger partial charge is 0.330 e. The lowest BCUT2D eigenvalue weighted by atomic mass is 9.80. The van der Waals surface area contributed by atoms with Crippen LogP contribution in [0.15, 0.2) is 110 Å². The Hall–Kier alpha value is -5.47. The van der Waals surface area contributed by atoms with E-state index < -0.39 is 80.5 Å². The van der Waals surface area contributed by atoms with Crippen LogP contribution in [0.5, 0.6) is 11.5 Å². The van der Waals surface area contributed by atoms with Gasteiger partial charge in [-0.15, -0.1) is 0 Å². The number of nitrogens with zero attached hydrogens (tertiary/aromatic N) is 4. The third-order valence-electron chi connectivity index (χ3n) is 13.5. The minimum Gasteiger partial charge on any atom is -0.497 e. The van der Waals surface area contributed by atoms with Crippen molar-refractivity contribution in [2.75, 3.05) is 46.4 Å². The van der Waals surface area contributed by atoms with Crippen LogP contribution in [-0.2, 0) is 33.4 Å². The van der Waals surface area contributed by atoms with Crippen LogP contribution < -0.4 is 32.0 Å². The summed E-state index contributed by atoms with van der Waals surface area (Å²) in [7, 11) is -1.63. The Morgan fingerprint density at radius 1 is 0.781 bits per heavy atom. The summed E-state index contributed by atoms with van der Waals surface area (Å²) in [4.78, 5) is 56.3. The van der Waals surface area contributed by atoms with Gasteiger partial charge in [0.1, 0.15) is 29.6 Å². The molecule has 2 fully saturated rings. The number of ether oxygens (including phenoxy) is 5. The minimum absolute atomic E-state index is 0.000572. The maximum atomic E-state index is 15.3. The van der Waals surface area contributed by atoms with Gasteiger partial charge in [-0.25, -0.2) is 14.3 Å². The van der Waals surface area contributed by atoms with Gasteiger partial charge < -0.3 is 37.3 Å². The first-order valence-corrected chi connectivity index (χ1v) is 28.3. The van der Waals surface area contributed by atoms with E-state index >= 15 is 4.57 Å². The van der Waals surface area contributed by atoms with Gasteiger partial charge in [0.25, 0.3) is 19.6 Å². The van der Waals surface area contributed by atoms with Gasteiger partial charge in [-0.1, -0.05) is 54.6 Å². The number of aromatic nitrogens is 4. The molecular weight excluding hydrogens is 975 g/mol. The normalized spacial score (nSPS) is 21.4. The lowest BCUT2D eigenvalue weighted by Crippen LogP contribution is -2.38. The van der Waals surface area contributed by atoms with Crippen LogP contribution in [0.4, 0.5) is 0 Å². The number of nitrogens with one attached hydrogen (secondary N) is 2. The first-order chi connectivity index (χ1) is 34.9. The second-order valence-electron chi connectivity index (χ2n) is 19.4. The van der Waals surface area contributed by atoms with E-state index in [1.807, 2.05) is 107 Å². The molecule has 0 radical (unpaired) electrons. The zero-order chi connectivity index (χ0) is 52.6. The number of aromatic amines is 2. The summed E-state index contributed by atoms with van der Waals surface area (Å²) in [5.41, 5.74) is -0.350. The van der Waals surface area contributed by atoms with Crippen molar-refractivity contribution in [2.45, 2.75) is 116 Å². The molecule has 18 nitrogen and oxygen atoms in total. The first-order valence-electron chi connectivity index (χ1n) is 24.6. The standard InChI is InChI=1S/C53H68N6O12P2/c1-34(2)59(35(3)4)72(68-26-13-25-54)71-45-29-48(58-31-37(6)50(61)56-52(58)63)69-44(45)24-27-73(9,64)33-38-28-47(57-30-36(5)49(60)55-51(57)62)70-46(38)32-67-53(39-14-11-10-12-15-39,40-16-20-42(65-7)21-17-40)41-18-22-43(66-8)23-19-41/h10-12,14-23,30-31,34-35,38,44-48H,13,24,26-29,32-33H2,1-9H3,(H,55,60,62)(H,56,61,63)/t38-,44-,45+,46-,47-,48-,72?,73?/m1/s1. The zero-order valence-electron chi connectivity index (χ0n) is 43.0. The predicted octanol–water partition coefficient (Wildman–Crippen LogP) is 7.96. The Bertz CT molecular complexity index is 2920. The van der Waals surface area contributed by atoms with Gasteiger partial charge in [0.15, 0.2) is 0 Å². The van der Waals surface area contributed by atoms with E-state index in [1.165, 1.54) is 21.5 Å². The minimum atomic E-state index is -3.12. The van der Waals surface area contributed by atoms with Crippen molar-refractivity contribution in [3.63, 3.8) is 0 Å². The second-order valence-corrected chi connectivity index (χ2v) is 24.3. The molecular formula is C53H68N6O12P2. The van der Waals surface area contributed by atoms with Crippen molar-refractivity contribution >= 4 is 15.7 Å². The maximum Gasteiger partial charge on any atom is 0.330 e. The highest BCUT2D eigenvalue weighted by Gasteiger charge is 2.46. The number of hydrogen-bond donors (Lipinski definition) is 2. The Labute approximate surface area is 426 Å². The summed E-state index contributed by atoms with van der Waals surface area (Å²) in [6.07, 6.45) is 0.716. The zero-order valence-corrected chi connectivity index (χ0v) is 44.8. The van der Waals surface area contributed by atoms with E-state index in [1.54, 1.807) is 34.7 Å². The summed E-state index contributed by atoms with van der Waals surface area (Å²) < 4.78 is 65.1. The molecule has 0 amide bonds. The average molecular weight is 1040 g/mol. The molecule has 2 unspecified atom stereocenters. The van der Waals surface area contributed by atoms with Gasteiger partial charge in [0.05, 0.1) is 65.4 Å². The van der Waals surface area contributed by atoms with E-state index in [-0.39, 0.29) is 63.3 Å². The molecule has 4 heterocycles. The number of aryl methyl sites for hydroxylation is 2. The Kier molecular flexibility index (Phi) is 18.4. The molecule has 2 N–H and O–H groups in total. The van der Waals surface area contributed by atoms with Crippen molar-refractivity contribution in [1.82, 2.24) is 23.8 Å². The van der Waals surface area contributed by atoms with Crippen molar-refractivity contribution in [3.05, 3.63) is 161 Å². The van der Waals surface area contributed by atoms with Crippen molar-refractivity contribution < 1.29 is 37.3 Å². The van der Waals surface area contributed by atoms with Crippen molar-refractivity contribution in [2.24, 2.45) is 5.92 Å². The highest BCUT2D eigenvalue weighted by atomic mass is 31.2. The Morgan fingerprint density at radius 3 is 1.79 bits per heavy atom. The molecule has 0 bridgehead atoms. The van der Waals surface area contributed by atoms with Crippen molar-refractivity contribution in [1.29, 1.82) is 5.26 Å². The fourth-order valence-electron chi connectivity index (χ4n) is 9.84. The van der Waals surface area contributed by atoms with Crippen LogP contribution in [0.3, 0.4) is 0 Å². The molecule has 392 valence electrons. The molecule has 2 aliphatic heterocycles. The Balaban J connectivity index is 1.21. The van der Waals surface area contributed by atoms with Crippen LogP contribution in [0.2, 0.25) is 0 Å². The van der Waals surface area contributed by atoms with Gasteiger partial charge in [0.2, 0.25) is 0 Å². The molecule has 73 heavy (non-hydrogen) atoms. The summed E-state index contributed by atoms with van der Waals surface area (Å²) in [5, 5.41) is 9.37. The van der Waals surface area contributed by atoms with Crippen LogP contribution in [-0.4, -0.2) is 101 Å². The van der Waals surface area contributed by atoms with Crippen LogP contribution in [0.25, 0.3) is 0 Å². The summed E-state index contributed by atoms with van der Waals surface area (Å²) in [6.45, 7) is 13.3. The lowest BCUT2D eigenvalue weighted by Gasteiger charge is -2.37. The SMILES string of the molecule is COc1ccc(C(OC[C@H]2O[C@@H](n3cc(C)c(=O)[nH]c3=O)C[C@@H]2CP(C)(=O)CC[C@H]2O[C@@H](n3cc(C)c(=O)[nH]c3=O)C[C@@H]2OP(OCCC#N)N(C(C)C)C(C)C)(c2ccccc2)c2ccc(OC)cc2)cc1. The topological polar surface area (TPSA) is 218 Å². The third-order valence-corrected chi connectivity index (χ3v) is 18.1. The van der Waals surface area contributed by atoms with Gasteiger partial charge in [-0.3, -0.25) is 28.7 Å². The van der Waals surface area contributed by atoms with Crippen LogP contribution in [0, 0.1) is 31.1 Å². The van der Waals surface area contributed by atoms with Crippen molar-refractivity contribution in [3.8, 4) is 17.6 Å². The summed E-state index contributed by atoms with van der Waals surface area (Å²) in [5.74, 6) is 0.925. The van der Waals surface area contributed by atoms with E-state index in [0.717, 1.165) is 16.7 Å². The van der Waals surface area contributed by atoms with Gasteiger partial charge >= 0.3 is 11.4 Å². The number of benzene rings is 3. The van der Waals surface area contributed by atoms with Crippen LogP contribution >= 0.6 is 15.7 Å². The molecule has 0 aliphatic carbocycles. The molecule has 3 aromatic carbocycles. The van der Waals surface area contributed by atoms with Gasteiger partial charge in [-0.05, 0) is 108 Å². The fourth-order valence-corrected chi connectivity index (χ4v) is 14.0. The quantitative estimate of drug-likeness (QED) is 0.0360.